The van der Waals surface area contributed by atoms with Crippen LogP contribution in [-0.4, -0.2) is 30.0 Å². The van der Waals surface area contributed by atoms with Gasteiger partial charge in [0.1, 0.15) is 18.7 Å². The molecule has 4 aromatic rings. The van der Waals surface area contributed by atoms with Crippen LogP contribution in [0.4, 0.5) is 4.79 Å². The number of carbonyl (C=O) groups excluding carboxylic acids is 3. The first-order chi connectivity index (χ1) is 17.8. The Morgan fingerprint density at radius 3 is 1.95 bits per heavy atom. The zero-order chi connectivity index (χ0) is 26.4. The molecule has 0 fully saturated rings. The van der Waals surface area contributed by atoms with Crippen molar-refractivity contribution in [1.82, 2.24) is 10.6 Å². The van der Waals surface area contributed by atoms with Crippen LogP contribution in [0.15, 0.2) is 84.9 Å². The summed E-state index contributed by atoms with van der Waals surface area (Å²) in [4.78, 5) is 38.2. The van der Waals surface area contributed by atoms with Gasteiger partial charge in [0.05, 0.1) is 0 Å². The van der Waals surface area contributed by atoms with E-state index in [1.165, 1.54) is 0 Å². The Bertz CT molecular complexity index is 1360. The minimum atomic E-state index is -0.967. The number of nitrogens with one attached hydrogen (secondary N) is 2. The summed E-state index contributed by atoms with van der Waals surface area (Å²) in [5, 5.41) is 9.45. The van der Waals surface area contributed by atoms with Crippen LogP contribution >= 0.6 is 0 Å². The van der Waals surface area contributed by atoms with E-state index in [0.29, 0.717) is 0 Å². The monoisotopic (exact) mass is 497 g/mol. The van der Waals surface area contributed by atoms with Crippen molar-refractivity contribution in [2.45, 2.75) is 39.0 Å². The number of benzene rings is 4. The number of nitrogens with two attached hydrogens (primary N) is 1. The minimum Gasteiger partial charge on any atom is -0.445 e. The number of hydrogen-bond acceptors (Lipinski definition) is 4. The van der Waals surface area contributed by atoms with Gasteiger partial charge in [0.15, 0.2) is 0 Å². The van der Waals surface area contributed by atoms with E-state index < -0.39 is 30.0 Å². The average molecular weight is 498 g/mol. The summed E-state index contributed by atoms with van der Waals surface area (Å²) in [6.07, 6.45) is -0.500. The van der Waals surface area contributed by atoms with E-state index in [0.717, 1.165) is 32.7 Å². The number of rotatable bonds is 9. The SMILES string of the molecule is CC(C)[C@@H](NC(=O)OCc1ccccc1)C(=O)N[C@H](Cc1c2ccccc2cc2ccccc12)C(N)=O. The summed E-state index contributed by atoms with van der Waals surface area (Å²) >= 11 is 0. The Morgan fingerprint density at radius 2 is 1.38 bits per heavy atom. The summed E-state index contributed by atoms with van der Waals surface area (Å²) in [5.41, 5.74) is 7.50. The Kier molecular flexibility index (Phi) is 8.03. The van der Waals surface area contributed by atoms with Crippen molar-refractivity contribution in [1.29, 1.82) is 0 Å². The maximum absolute atomic E-state index is 13.2. The van der Waals surface area contributed by atoms with Crippen LogP contribution in [0.3, 0.4) is 0 Å². The van der Waals surface area contributed by atoms with E-state index in [-0.39, 0.29) is 18.9 Å². The predicted octanol–water partition coefficient (Wildman–Crippen LogP) is 4.46. The lowest BCUT2D eigenvalue weighted by molar-refractivity contribution is -0.129. The fourth-order valence-electron chi connectivity index (χ4n) is 4.44. The van der Waals surface area contributed by atoms with Crippen LogP contribution in [0.2, 0.25) is 0 Å². The molecule has 0 spiro atoms. The number of hydrogen-bond donors (Lipinski definition) is 3. The van der Waals surface area contributed by atoms with Crippen LogP contribution < -0.4 is 16.4 Å². The van der Waals surface area contributed by atoms with E-state index in [4.69, 9.17) is 10.5 Å². The summed E-state index contributed by atoms with van der Waals surface area (Å²) in [6, 6.07) is 25.3. The minimum absolute atomic E-state index is 0.0805. The van der Waals surface area contributed by atoms with E-state index in [9.17, 15) is 14.4 Å². The normalized spacial score (nSPS) is 12.7. The molecule has 7 nitrogen and oxygen atoms in total. The quantitative estimate of drug-likeness (QED) is 0.297. The van der Waals surface area contributed by atoms with Gasteiger partial charge in [-0.25, -0.2) is 4.79 Å². The van der Waals surface area contributed by atoms with Gasteiger partial charge in [0.2, 0.25) is 11.8 Å². The Balaban J connectivity index is 1.52. The Morgan fingerprint density at radius 1 is 0.811 bits per heavy atom. The molecule has 0 aliphatic rings. The first-order valence-electron chi connectivity index (χ1n) is 12.3. The van der Waals surface area contributed by atoms with Crippen LogP contribution in [-0.2, 0) is 27.4 Å². The van der Waals surface area contributed by atoms with Gasteiger partial charge in [-0.2, -0.15) is 0 Å². The third-order valence-electron chi connectivity index (χ3n) is 6.39. The highest BCUT2D eigenvalue weighted by Gasteiger charge is 2.29. The van der Waals surface area contributed by atoms with Gasteiger partial charge in [-0.3, -0.25) is 9.59 Å². The van der Waals surface area contributed by atoms with Gasteiger partial charge in [0, 0.05) is 6.42 Å². The van der Waals surface area contributed by atoms with Crippen LogP contribution in [0.25, 0.3) is 21.5 Å². The second-order valence-corrected chi connectivity index (χ2v) is 9.39. The number of primary amides is 1. The molecule has 0 aromatic heterocycles. The van der Waals surface area contributed by atoms with E-state index >= 15 is 0 Å². The molecule has 4 rings (SSSR count). The van der Waals surface area contributed by atoms with Crippen molar-refractivity contribution in [2.75, 3.05) is 0 Å². The average Bonchev–Trinajstić information content (AvgIpc) is 2.90. The number of alkyl carbamates (subject to hydrolysis) is 1. The molecule has 190 valence electrons. The highest BCUT2D eigenvalue weighted by Crippen LogP contribution is 2.29. The van der Waals surface area contributed by atoms with Crippen molar-refractivity contribution < 1.29 is 19.1 Å². The number of fused-ring (bicyclic) bond motifs is 2. The summed E-state index contributed by atoms with van der Waals surface area (Å²) < 4.78 is 5.28. The molecule has 0 unspecified atom stereocenters. The van der Waals surface area contributed by atoms with Gasteiger partial charge in [-0.1, -0.05) is 92.7 Å². The predicted molar refractivity (Wildman–Crippen MR) is 145 cm³/mol. The standard InChI is InChI=1S/C30H31N3O4/c1-19(2)27(33-30(36)37-18-20-10-4-3-5-11-20)29(35)32-26(28(31)34)17-25-23-14-8-6-12-21(23)16-22-13-7-9-15-24(22)25/h3-16,19,26-27H,17-18H2,1-2H3,(H2,31,34)(H,32,35)(H,33,36)/t26-,27-/m1/s1. The van der Waals surface area contributed by atoms with Crippen LogP contribution in [0, 0.1) is 5.92 Å². The zero-order valence-electron chi connectivity index (χ0n) is 20.9. The molecule has 0 saturated heterocycles. The molecule has 0 saturated carbocycles. The summed E-state index contributed by atoms with van der Waals surface area (Å²) in [6.45, 7) is 3.69. The summed E-state index contributed by atoms with van der Waals surface area (Å²) in [5.74, 6) is -1.41. The molecule has 2 atom stereocenters. The molecule has 0 aliphatic heterocycles. The van der Waals surface area contributed by atoms with Gasteiger partial charge < -0.3 is 21.1 Å². The fraction of sp³-hybridized carbons (Fsp3) is 0.233. The highest BCUT2D eigenvalue weighted by atomic mass is 16.5. The van der Waals surface area contributed by atoms with Crippen molar-refractivity contribution in [3.05, 3.63) is 96.1 Å². The van der Waals surface area contributed by atoms with E-state index in [1.807, 2.05) is 78.9 Å². The zero-order valence-corrected chi connectivity index (χ0v) is 20.9. The molecular formula is C30H31N3O4. The van der Waals surface area contributed by atoms with Crippen molar-refractivity contribution >= 4 is 39.5 Å². The second kappa shape index (κ2) is 11.6. The topological polar surface area (TPSA) is 111 Å². The Labute approximate surface area is 216 Å². The lowest BCUT2D eigenvalue weighted by Gasteiger charge is -2.25. The molecule has 7 heteroatoms. The van der Waals surface area contributed by atoms with Gasteiger partial charge in [-0.05, 0) is 44.7 Å². The fourth-order valence-corrected chi connectivity index (χ4v) is 4.44. The third kappa shape index (κ3) is 6.25. The molecule has 4 N–H and O–H groups in total. The van der Waals surface area contributed by atoms with Gasteiger partial charge in [-0.15, -0.1) is 0 Å². The first kappa shape index (κ1) is 25.7. The molecule has 0 heterocycles. The molecule has 4 aromatic carbocycles. The smallest absolute Gasteiger partial charge is 0.408 e. The van der Waals surface area contributed by atoms with E-state index in [1.54, 1.807) is 13.8 Å². The van der Waals surface area contributed by atoms with Crippen molar-refractivity contribution in [3.8, 4) is 0 Å². The lowest BCUT2D eigenvalue weighted by atomic mass is 9.92. The molecule has 3 amide bonds. The second-order valence-electron chi connectivity index (χ2n) is 9.39. The molecule has 37 heavy (non-hydrogen) atoms. The third-order valence-corrected chi connectivity index (χ3v) is 6.39. The lowest BCUT2D eigenvalue weighted by Crippen LogP contribution is -2.55. The number of carbonyl (C=O) groups is 3. The first-order valence-corrected chi connectivity index (χ1v) is 12.3. The van der Waals surface area contributed by atoms with Crippen LogP contribution in [0.1, 0.15) is 25.0 Å². The van der Waals surface area contributed by atoms with Crippen molar-refractivity contribution in [3.63, 3.8) is 0 Å². The molecule has 0 radical (unpaired) electrons. The molecular weight excluding hydrogens is 466 g/mol. The maximum atomic E-state index is 13.2. The van der Waals surface area contributed by atoms with Gasteiger partial charge >= 0.3 is 6.09 Å². The van der Waals surface area contributed by atoms with Crippen LogP contribution in [0.5, 0.6) is 0 Å². The number of ether oxygens (including phenoxy) is 1. The maximum Gasteiger partial charge on any atom is 0.408 e. The van der Waals surface area contributed by atoms with Gasteiger partial charge in [0.25, 0.3) is 0 Å². The van der Waals surface area contributed by atoms with E-state index in [2.05, 4.69) is 16.7 Å². The largest absolute Gasteiger partial charge is 0.445 e. The molecule has 0 aliphatic carbocycles. The van der Waals surface area contributed by atoms with Crippen molar-refractivity contribution in [2.24, 2.45) is 11.7 Å². The summed E-state index contributed by atoms with van der Waals surface area (Å²) in [7, 11) is 0. The molecule has 0 bridgehead atoms. The Hall–Kier alpha value is -4.39. The number of amides is 3. The highest BCUT2D eigenvalue weighted by molar-refractivity contribution is 6.03.